The Kier molecular flexibility index (Phi) is 10.4. The third kappa shape index (κ3) is 7.07. The minimum absolute atomic E-state index is 0.610. The zero-order valence-electron chi connectivity index (χ0n) is 15.7. The molecule has 0 aromatic carbocycles. The van der Waals surface area contributed by atoms with Crippen LogP contribution in [0.5, 0.6) is 0 Å². The zero-order chi connectivity index (χ0) is 16.2. The van der Waals surface area contributed by atoms with Gasteiger partial charge in [0.15, 0.2) is 0 Å². The van der Waals surface area contributed by atoms with Crippen molar-refractivity contribution in [2.24, 2.45) is 0 Å². The van der Waals surface area contributed by atoms with Crippen molar-refractivity contribution in [2.75, 3.05) is 6.54 Å². The van der Waals surface area contributed by atoms with Crippen molar-refractivity contribution < 1.29 is 0 Å². The molecule has 22 heavy (non-hydrogen) atoms. The van der Waals surface area contributed by atoms with Crippen molar-refractivity contribution in [2.45, 2.75) is 111 Å². The lowest BCUT2D eigenvalue weighted by atomic mass is 10.1. The Morgan fingerprint density at radius 1 is 0.773 bits per heavy atom. The molecular formula is C20H40N2. The average Bonchev–Trinajstić information content (AvgIpc) is 2.89. The first-order chi connectivity index (χ1) is 10.7. The standard InChI is InChI=1S/C20H40N2/c1-5-7-8-9-10-11-12-13-14-16-21-17-18-22(19(3)4)20(21)15-6-2/h17-20H,5-16H2,1-4H3. The van der Waals surface area contributed by atoms with Crippen LogP contribution in [-0.2, 0) is 0 Å². The van der Waals surface area contributed by atoms with Crippen molar-refractivity contribution in [1.29, 1.82) is 0 Å². The van der Waals surface area contributed by atoms with Crippen LogP contribution in [0.15, 0.2) is 12.4 Å². The molecule has 0 fully saturated rings. The number of hydrogen-bond donors (Lipinski definition) is 0. The third-order valence-corrected chi connectivity index (χ3v) is 4.82. The molecular weight excluding hydrogens is 268 g/mol. The smallest absolute Gasteiger partial charge is 0.101 e. The highest BCUT2D eigenvalue weighted by Gasteiger charge is 2.26. The summed E-state index contributed by atoms with van der Waals surface area (Å²) >= 11 is 0. The van der Waals surface area contributed by atoms with Gasteiger partial charge in [-0.1, -0.05) is 71.6 Å². The van der Waals surface area contributed by atoms with E-state index in [2.05, 4.69) is 49.9 Å². The van der Waals surface area contributed by atoms with Crippen LogP contribution in [0.1, 0.15) is 98.3 Å². The van der Waals surface area contributed by atoms with Crippen molar-refractivity contribution in [3.8, 4) is 0 Å². The Hall–Kier alpha value is -0.660. The second-order valence-electron chi connectivity index (χ2n) is 7.17. The van der Waals surface area contributed by atoms with Gasteiger partial charge >= 0.3 is 0 Å². The van der Waals surface area contributed by atoms with Gasteiger partial charge in [0.1, 0.15) is 6.17 Å². The summed E-state index contributed by atoms with van der Waals surface area (Å²) in [4.78, 5) is 5.10. The number of nitrogens with zero attached hydrogens (tertiary/aromatic N) is 2. The molecule has 1 rings (SSSR count). The van der Waals surface area contributed by atoms with Crippen LogP contribution in [0, 0.1) is 0 Å². The summed E-state index contributed by atoms with van der Waals surface area (Å²) in [6.07, 6.45) is 20.5. The summed E-state index contributed by atoms with van der Waals surface area (Å²) in [5.41, 5.74) is 0. The van der Waals surface area contributed by atoms with Crippen LogP contribution >= 0.6 is 0 Å². The van der Waals surface area contributed by atoms with E-state index in [1.165, 1.54) is 77.2 Å². The molecule has 0 aliphatic carbocycles. The third-order valence-electron chi connectivity index (χ3n) is 4.82. The lowest BCUT2D eigenvalue weighted by molar-refractivity contribution is 0.116. The lowest BCUT2D eigenvalue weighted by Gasteiger charge is -2.35. The molecule has 0 aromatic heterocycles. The quantitative estimate of drug-likeness (QED) is 0.377. The van der Waals surface area contributed by atoms with Gasteiger partial charge in [-0.15, -0.1) is 0 Å². The predicted molar refractivity (Wildman–Crippen MR) is 98.7 cm³/mol. The Bertz CT molecular complexity index is 285. The Labute approximate surface area is 139 Å². The zero-order valence-corrected chi connectivity index (χ0v) is 15.7. The van der Waals surface area contributed by atoms with Gasteiger partial charge in [-0.05, 0) is 26.7 Å². The van der Waals surface area contributed by atoms with Crippen LogP contribution in [-0.4, -0.2) is 28.6 Å². The summed E-state index contributed by atoms with van der Waals surface area (Å²) in [6.45, 7) is 10.4. The molecule has 1 heterocycles. The maximum atomic E-state index is 2.57. The first-order valence-corrected chi connectivity index (χ1v) is 9.92. The predicted octanol–water partition coefficient (Wildman–Crippen LogP) is 6.14. The second-order valence-corrected chi connectivity index (χ2v) is 7.17. The average molecular weight is 309 g/mol. The Balaban J connectivity index is 2.10. The summed E-state index contributed by atoms with van der Waals surface area (Å²) in [5.74, 6) is 0. The van der Waals surface area contributed by atoms with E-state index in [1.807, 2.05) is 0 Å². The Morgan fingerprint density at radius 3 is 1.91 bits per heavy atom. The van der Waals surface area contributed by atoms with Crippen LogP contribution in [0.4, 0.5) is 0 Å². The van der Waals surface area contributed by atoms with Crippen LogP contribution in [0.25, 0.3) is 0 Å². The Morgan fingerprint density at radius 2 is 1.36 bits per heavy atom. The highest BCUT2D eigenvalue weighted by molar-refractivity contribution is 4.98. The largest absolute Gasteiger partial charge is 0.356 e. The summed E-state index contributed by atoms with van der Waals surface area (Å²) in [6, 6.07) is 0.612. The van der Waals surface area contributed by atoms with Gasteiger partial charge < -0.3 is 9.80 Å². The molecule has 2 heteroatoms. The van der Waals surface area contributed by atoms with Crippen LogP contribution in [0.3, 0.4) is 0 Å². The van der Waals surface area contributed by atoms with Crippen molar-refractivity contribution >= 4 is 0 Å². The van der Waals surface area contributed by atoms with E-state index in [0.29, 0.717) is 12.2 Å². The molecule has 0 aromatic rings. The molecule has 0 bridgehead atoms. The van der Waals surface area contributed by atoms with Gasteiger partial charge in [0.05, 0.1) is 0 Å². The van der Waals surface area contributed by atoms with E-state index >= 15 is 0 Å². The van der Waals surface area contributed by atoms with E-state index in [0.717, 1.165) is 0 Å². The fourth-order valence-corrected chi connectivity index (χ4v) is 3.45. The molecule has 0 saturated heterocycles. The molecule has 0 N–H and O–H groups in total. The molecule has 2 nitrogen and oxygen atoms in total. The molecule has 1 atom stereocenters. The van der Waals surface area contributed by atoms with Gasteiger partial charge in [0.2, 0.25) is 0 Å². The normalized spacial score (nSPS) is 18.0. The summed E-state index contributed by atoms with van der Waals surface area (Å²) < 4.78 is 0. The van der Waals surface area contributed by atoms with Gasteiger partial charge in [-0.3, -0.25) is 0 Å². The maximum Gasteiger partial charge on any atom is 0.101 e. The van der Waals surface area contributed by atoms with Gasteiger partial charge in [-0.2, -0.15) is 0 Å². The SMILES string of the molecule is CCCCCCCCCCCN1C=CN(C(C)C)C1CCC. The van der Waals surface area contributed by atoms with E-state index in [9.17, 15) is 0 Å². The topological polar surface area (TPSA) is 6.48 Å². The fourth-order valence-electron chi connectivity index (χ4n) is 3.45. The fraction of sp³-hybridized carbons (Fsp3) is 0.900. The highest BCUT2D eigenvalue weighted by atomic mass is 15.4. The lowest BCUT2D eigenvalue weighted by Crippen LogP contribution is -2.42. The van der Waals surface area contributed by atoms with E-state index in [-0.39, 0.29) is 0 Å². The minimum Gasteiger partial charge on any atom is -0.356 e. The van der Waals surface area contributed by atoms with Crippen LogP contribution in [0.2, 0.25) is 0 Å². The van der Waals surface area contributed by atoms with E-state index in [1.54, 1.807) is 0 Å². The molecule has 130 valence electrons. The molecule has 1 unspecified atom stereocenters. The monoisotopic (exact) mass is 308 g/mol. The van der Waals surface area contributed by atoms with Crippen molar-refractivity contribution in [3.05, 3.63) is 12.4 Å². The maximum absolute atomic E-state index is 2.57. The van der Waals surface area contributed by atoms with E-state index in [4.69, 9.17) is 0 Å². The first-order valence-electron chi connectivity index (χ1n) is 9.92. The van der Waals surface area contributed by atoms with Crippen LogP contribution < -0.4 is 0 Å². The first kappa shape index (κ1) is 19.4. The summed E-state index contributed by atoms with van der Waals surface area (Å²) in [7, 11) is 0. The molecule has 0 radical (unpaired) electrons. The molecule has 0 saturated carbocycles. The van der Waals surface area contributed by atoms with E-state index < -0.39 is 0 Å². The number of unbranched alkanes of at least 4 members (excludes halogenated alkanes) is 8. The number of rotatable bonds is 13. The second kappa shape index (κ2) is 11.8. The highest BCUT2D eigenvalue weighted by Crippen LogP contribution is 2.23. The molecule has 0 amide bonds. The number of hydrogen-bond acceptors (Lipinski definition) is 2. The van der Waals surface area contributed by atoms with Crippen molar-refractivity contribution in [1.82, 2.24) is 9.80 Å². The molecule has 1 aliphatic heterocycles. The minimum atomic E-state index is 0.610. The van der Waals surface area contributed by atoms with Crippen molar-refractivity contribution in [3.63, 3.8) is 0 Å². The molecule has 1 aliphatic rings. The molecule has 0 spiro atoms. The van der Waals surface area contributed by atoms with Gasteiger partial charge in [-0.25, -0.2) is 0 Å². The summed E-state index contributed by atoms with van der Waals surface area (Å²) in [5, 5.41) is 0. The van der Waals surface area contributed by atoms with Gasteiger partial charge in [0, 0.05) is 25.0 Å². The van der Waals surface area contributed by atoms with Gasteiger partial charge in [0.25, 0.3) is 0 Å².